The third-order valence-corrected chi connectivity index (χ3v) is 4.49. The molecule has 3 N–H and O–H groups in total. The lowest BCUT2D eigenvalue weighted by atomic mass is 10.0. The lowest BCUT2D eigenvalue weighted by molar-refractivity contribution is 0.0957. The fourth-order valence-corrected chi connectivity index (χ4v) is 3.52. The summed E-state index contributed by atoms with van der Waals surface area (Å²) in [6.45, 7) is 0.757. The van der Waals surface area contributed by atoms with Crippen molar-refractivity contribution in [1.82, 2.24) is 14.9 Å². The van der Waals surface area contributed by atoms with Crippen molar-refractivity contribution in [2.45, 2.75) is 6.54 Å². The Kier molecular flexibility index (Phi) is 4.01. The van der Waals surface area contributed by atoms with Crippen LogP contribution in [0.15, 0.2) is 41.5 Å². The predicted molar refractivity (Wildman–Crippen MR) is 104 cm³/mol. The Morgan fingerprint density at radius 1 is 1.33 bits per heavy atom. The molecule has 2 amide bonds. The van der Waals surface area contributed by atoms with E-state index < -0.39 is 6.03 Å². The van der Waals surface area contributed by atoms with Crippen molar-refractivity contribution in [2.24, 2.45) is 10.8 Å². The van der Waals surface area contributed by atoms with Crippen LogP contribution >= 0.6 is 0 Å². The molecule has 7 heteroatoms. The van der Waals surface area contributed by atoms with Crippen LogP contribution in [-0.2, 0) is 6.54 Å². The van der Waals surface area contributed by atoms with Gasteiger partial charge in [0.05, 0.1) is 23.0 Å². The molecular weight excluding hydrogens is 342 g/mol. The zero-order chi connectivity index (χ0) is 19.1. The third-order valence-electron chi connectivity index (χ3n) is 4.49. The van der Waals surface area contributed by atoms with Crippen molar-refractivity contribution in [3.63, 3.8) is 0 Å². The van der Waals surface area contributed by atoms with Crippen LogP contribution in [-0.4, -0.2) is 41.7 Å². The predicted octanol–water partition coefficient (Wildman–Crippen LogP) is 2.17. The molecule has 135 valence electrons. The molecule has 0 saturated heterocycles. The topological polar surface area (TPSA) is 92.7 Å². The zero-order valence-electron chi connectivity index (χ0n) is 15.0. The maximum Gasteiger partial charge on any atom is 0.323 e. The van der Waals surface area contributed by atoms with Crippen LogP contribution in [0.3, 0.4) is 0 Å². The van der Waals surface area contributed by atoms with E-state index in [1.807, 2.05) is 38.4 Å². The summed E-state index contributed by atoms with van der Waals surface area (Å²) in [5.74, 6) is -0.346. The van der Waals surface area contributed by atoms with E-state index in [1.54, 1.807) is 18.3 Å². The fourth-order valence-electron chi connectivity index (χ4n) is 3.52. The van der Waals surface area contributed by atoms with Crippen LogP contribution in [0.25, 0.3) is 22.2 Å². The molecule has 0 atom stereocenters. The van der Waals surface area contributed by atoms with E-state index in [1.165, 1.54) is 4.57 Å². The summed E-state index contributed by atoms with van der Waals surface area (Å²) in [5.41, 5.74) is 12.3. The number of carbonyl (C=O) groups is 2. The Balaban J connectivity index is 2.07. The van der Waals surface area contributed by atoms with Crippen LogP contribution in [0.4, 0.5) is 4.79 Å². The smallest absolute Gasteiger partial charge is 0.323 e. The first kappa shape index (κ1) is 17.0. The number of nitrogens with two attached hydrogens (primary N) is 1. The molecule has 0 aliphatic carbocycles. The third kappa shape index (κ3) is 2.78. The second kappa shape index (κ2) is 6.37. The highest BCUT2D eigenvalue weighted by Crippen LogP contribution is 2.35. The van der Waals surface area contributed by atoms with Crippen molar-refractivity contribution in [3.05, 3.63) is 59.2 Å². The van der Waals surface area contributed by atoms with E-state index in [4.69, 9.17) is 5.73 Å². The van der Waals surface area contributed by atoms with Crippen molar-refractivity contribution >= 4 is 29.1 Å². The molecule has 7 nitrogen and oxygen atoms in total. The molecule has 0 spiro atoms. The number of rotatable bonds is 3. The van der Waals surface area contributed by atoms with Gasteiger partial charge in [0, 0.05) is 17.5 Å². The standard InChI is InChI=1S/C20H18N5O2/c1-24(2)11-12-5-3-6-13(9-12)18-15-10-22-23-19(26)14-7-4-8-16(17(14)15)25(18)20(21)27/h3,5-10H,11H2,1-2H3,(H2,21,27)(H,23,26). The highest BCUT2D eigenvalue weighted by Gasteiger charge is 2.26. The molecule has 0 fully saturated rings. The van der Waals surface area contributed by atoms with Gasteiger partial charge in [0.1, 0.15) is 0 Å². The summed E-state index contributed by atoms with van der Waals surface area (Å²) in [7, 11) is 3.99. The lowest BCUT2D eigenvalue weighted by Crippen LogP contribution is -2.21. The van der Waals surface area contributed by atoms with Gasteiger partial charge in [-0.05, 0) is 49.5 Å². The molecule has 0 unspecified atom stereocenters. The van der Waals surface area contributed by atoms with E-state index in [0.717, 1.165) is 17.7 Å². The Bertz CT molecular complexity index is 1110. The first-order chi connectivity index (χ1) is 13.0. The van der Waals surface area contributed by atoms with Gasteiger partial charge >= 0.3 is 6.03 Å². The van der Waals surface area contributed by atoms with Crippen molar-refractivity contribution in [2.75, 3.05) is 14.1 Å². The van der Waals surface area contributed by atoms with E-state index >= 15 is 0 Å². The molecule has 3 aromatic rings. The van der Waals surface area contributed by atoms with Gasteiger partial charge in [-0.25, -0.2) is 10.2 Å². The highest BCUT2D eigenvalue weighted by molar-refractivity contribution is 6.19. The van der Waals surface area contributed by atoms with Gasteiger partial charge < -0.3 is 10.6 Å². The van der Waals surface area contributed by atoms with Crippen LogP contribution in [0.1, 0.15) is 21.5 Å². The highest BCUT2D eigenvalue weighted by atomic mass is 16.2. The molecule has 2 aromatic carbocycles. The maximum atomic E-state index is 12.3. The van der Waals surface area contributed by atoms with Gasteiger partial charge in [-0.1, -0.05) is 18.2 Å². The Labute approximate surface area is 156 Å². The second-order valence-corrected chi connectivity index (χ2v) is 6.70. The van der Waals surface area contributed by atoms with E-state index in [2.05, 4.69) is 21.5 Å². The number of amides is 2. The molecule has 27 heavy (non-hydrogen) atoms. The molecule has 1 aliphatic heterocycles. The molecule has 4 rings (SSSR count). The molecule has 1 aliphatic rings. The molecular formula is C20H18N5O2. The number of carbonyl (C=O) groups excluding carboxylic acids is 2. The normalized spacial score (nSPS) is 13.1. The summed E-state index contributed by atoms with van der Waals surface area (Å²) >= 11 is 0. The van der Waals surface area contributed by atoms with Crippen molar-refractivity contribution in [1.29, 1.82) is 0 Å². The minimum atomic E-state index is -0.626. The number of nitrogens with zero attached hydrogens (tertiary/aromatic N) is 3. The SMILES string of the molecule is CN(C)Cc1cccc(-c2c3c4c(c[c]cc4n2C(N)=O)C(=O)NN=C3)c1. The van der Waals surface area contributed by atoms with E-state index in [0.29, 0.717) is 27.7 Å². The van der Waals surface area contributed by atoms with Crippen molar-refractivity contribution in [3.8, 4) is 11.3 Å². The van der Waals surface area contributed by atoms with Crippen LogP contribution in [0, 0.1) is 6.07 Å². The largest absolute Gasteiger partial charge is 0.351 e. The maximum absolute atomic E-state index is 12.3. The number of aromatic nitrogens is 1. The van der Waals surface area contributed by atoms with Crippen LogP contribution in [0.2, 0.25) is 0 Å². The molecule has 1 aromatic heterocycles. The first-order valence-corrected chi connectivity index (χ1v) is 8.43. The quantitative estimate of drug-likeness (QED) is 0.750. The first-order valence-electron chi connectivity index (χ1n) is 8.43. The lowest BCUT2D eigenvalue weighted by Gasteiger charge is -2.12. The Morgan fingerprint density at radius 2 is 2.15 bits per heavy atom. The van der Waals surface area contributed by atoms with E-state index in [-0.39, 0.29) is 5.91 Å². The average molecular weight is 360 g/mol. The minimum absolute atomic E-state index is 0.346. The summed E-state index contributed by atoms with van der Waals surface area (Å²) in [6.07, 6.45) is 1.56. The number of hydrazone groups is 1. The summed E-state index contributed by atoms with van der Waals surface area (Å²) in [6, 6.07) is 13.4. The van der Waals surface area contributed by atoms with Gasteiger partial charge in [0.15, 0.2) is 0 Å². The summed E-state index contributed by atoms with van der Waals surface area (Å²) in [4.78, 5) is 26.7. The minimum Gasteiger partial charge on any atom is -0.351 e. The number of hydrogen-bond acceptors (Lipinski definition) is 4. The zero-order valence-corrected chi connectivity index (χ0v) is 15.0. The summed E-state index contributed by atoms with van der Waals surface area (Å²) < 4.78 is 1.42. The molecule has 0 saturated carbocycles. The monoisotopic (exact) mass is 360 g/mol. The van der Waals surface area contributed by atoms with Gasteiger partial charge in [-0.3, -0.25) is 9.36 Å². The fraction of sp³-hybridized carbons (Fsp3) is 0.150. The number of primary amides is 1. The Hall–Kier alpha value is -3.45. The molecule has 2 heterocycles. The Morgan fingerprint density at radius 3 is 2.89 bits per heavy atom. The van der Waals surface area contributed by atoms with Crippen molar-refractivity contribution < 1.29 is 9.59 Å². The van der Waals surface area contributed by atoms with Gasteiger partial charge in [0.2, 0.25) is 0 Å². The van der Waals surface area contributed by atoms with Gasteiger partial charge in [-0.2, -0.15) is 5.10 Å². The van der Waals surface area contributed by atoms with Gasteiger partial charge in [0.25, 0.3) is 5.91 Å². The number of benzene rings is 2. The number of hydrogen-bond donors (Lipinski definition) is 2. The van der Waals surface area contributed by atoms with Gasteiger partial charge in [-0.15, -0.1) is 0 Å². The molecule has 0 bridgehead atoms. The molecule has 1 radical (unpaired) electrons. The van der Waals surface area contributed by atoms with E-state index in [9.17, 15) is 9.59 Å². The van der Waals surface area contributed by atoms with Crippen LogP contribution < -0.4 is 11.2 Å². The van der Waals surface area contributed by atoms with Crippen LogP contribution in [0.5, 0.6) is 0 Å². The average Bonchev–Trinajstić information content (AvgIpc) is 2.86. The summed E-state index contributed by atoms with van der Waals surface area (Å²) in [5, 5.41) is 4.65. The number of nitrogens with one attached hydrogen (secondary N) is 1. The second-order valence-electron chi connectivity index (χ2n) is 6.70.